The van der Waals surface area contributed by atoms with Crippen LogP contribution in [0.4, 0.5) is 5.82 Å². The van der Waals surface area contributed by atoms with E-state index in [4.69, 9.17) is 0 Å². The second-order valence-electron chi connectivity index (χ2n) is 5.58. The first kappa shape index (κ1) is 14.7. The smallest absolute Gasteiger partial charge is 0.271 e. The van der Waals surface area contributed by atoms with E-state index in [1.54, 1.807) is 6.07 Å². The van der Waals surface area contributed by atoms with Crippen molar-refractivity contribution in [1.82, 2.24) is 20.8 Å². The van der Waals surface area contributed by atoms with Gasteiger partial charge in [0.1, 0.15) is 5.82 Å². The summed E-state index contributed by atoms with van der Waals surface area (Å²) in [5.74, 6) is 0.537. The lowest BCUT2D eigenvalue weighted by Gasteiger charge is -2.34. The Morgan fingerprint density at radius 3 is 2.70 bits per heavy atom. The summed E-state index contributed by atoms with van der Waals surface area (Å²) in [6.45, 7) is 7.77. The third-order valence-corrected chi connectivity index (χ3v) is 3.74. The van der Waals surface area contributed by atoms with Crippen molar-refractivity contribution in [1.29, 1.82) is 0 Å². The van der Waals surface area contributed by atoms with E-state index in [9.17, 15) is 4.79 Å². The standard InChI is InChI=1S/C14H23N5O/c1-3-16-13(20)11-4-5-12(19-18-11)17-10-14(2)6-8-15-9-7-14/h4-5,15H,3,6-10H2,1-2H3,(H,16,20)(H,17,19). The second-order valence-corrected chi connectivity index (χ2v) is 5.58. The van der Waals surface area contributed by atoms with Crippen molar-refractivity contribution in [3.8, 4) is 0 Å². The van der Waals surface area contributed by atoms with Crippen LogP contribution in [0.2, 0.25) is 0 Å². The van der Waals surface area contributed by atoms with Gasteiger partial charge in [0.25, 0.3) is 5.91 Å². The first-order valence-electron chi connectivity index (χ1n) is 7.19. The molecule has 1 saturated heterocycles. The summed E-state index contributed by atoms with van der Waals surface area (Å²) in [5.41, 5.74) is 0.649. The molecule has 1 aromatic rings. The number of carbonyl (C=O) groups is 1. The maximum atomic E-state index is 11.6. The summed E-state index contributed by atoms with van der Waals surface area (Å²) in [7, 11) is 0. The van der Waals surface area contributed by atoms with Gasteiger partial charge in [0, 0.05) is 13.1 Å². The average Bonchev–Trinajstić information content (AvgIpc) is 2.47. The molecule has 0 atom stereocenters. The van der Waals surface area contributed by atoms with Crippen molar-refractivity contribution in [2.75, 3.05) is 31.5 Å². The van der Waals surface area contributed by atoms with E-state index in [-0.39, 0.29) is 5.91 Å². The number of hydrogen-bond acceptors (Lipinski definition) is 5. The molecule has 110 valence electrons. The molecule has 0 spiro atoms. The number of nitrogens with one attached hydrogen (secondary N) is 3. The number of piperidine rings is 1. The molecule has 1 amide bonds. The molecule has 2 rings (SSSR count). The van der Waals surface area contributed by atoms with E-state index < -0.39 is 0 Å². The van der Waals surface area contributed by atoms with E-state index in [2.05, 4.69) is 33.1 Å². The van der Waals surface area contributed by atoms with Gasteiger partial charge in [-0.15, -0.1) is 10.2 Å². The number of anilines is 1. The minimum Gasteiger partial charge on any atom is -0.368 e. The predicted molar refractivity (Wildman–Crippen MR) is 78.7 cm³/mol. The third kappa shape index (κ3) is 3.90. The number of amides is 1. The molecule has 6 heteroatoms. The fourth-order valence-electron chi connectivity index (χ4n) is 2.31. The minimum absolute atomic E-state index is 0.183. The summed E-state index contributed by atoms with van der Waals surface area (Å²) < 4.78 is 0. The Morgan fingerprint density at radius 2 is 2.10 bits per heavy atom. The quantitative estimate of drug-likeness (QED) is 0.749. The normalized spacial score (nSPS) is 17.5. The Hall–Kier alpha value is -1.69. The van der Waals surface area contributed by atoms with Crippen LogP contribution in [0.3, 0.4) is 0 Å². The first-order valence-corrected chi connectivity index (χ1v) is 7.19. The van der Waals surface area contributed by atoms with Gasteiger partial charge in [-0.1, -0.05) is 6.92 Å². The second kappa shape index (κ2) is 6.65. The van der Waals surface area contributed by atoms with Gasteiger partial charge in [-0.25, -0.2) is 0 Å². The van der Waals surface area contributed by atoms with Crippen LogP contribution in [0.1, 0.15) is 37.2 Å². The van der Waals surface area contributed by atoms with Crippen molar-refractivity contribution in [3.05, 3.63) is 17.8 Å². The summed E-state index contributed by atoms with van der Waals surface area (Å²) in [5, 5.41) is 17.4. The Balaban J connectivity index is 1.89. The molecule has 6 nitrogen and oxygen atoms in total. The fourth-order valence-corrected chi connectivity index (χ4v) is 2.31. The molecule has 0 aliphatic carbocycles. The highest BCUT2D eigenvalue weighted by atomic mass is 16.1. The Morgan fingerprint density at radius 1 is 1.35 bits per heavy atom. The largest absolute Gasteiger partial charge is 0.368 e. The molecule has 2 heterocycles. The van der Waals surface area contributed by atoms with Crippen LogP contribution in [-0.2, 0) is 0 Å². The molecular formula is C14H23N5O. The fraction of sp³-hybridized carbons (Fsp3) is 0.643. The Bertz CT molecular complexity index is 439. The average molecular weight is 277 g/mol. The van der Waals surface area contributed by atoms with E-state index in [0.29, 0.717) is 17.7 Å². The van der Waals surface area contributed by atoms with Crippen molar-refractivity contribution in [3.63, 3.8) is 0 Å². The van der Waals surface area contributed by atoms with Gasteiger partial charge in [-0.3, -0.25) is 4.79 Å². The zero-order valence-electron chi connectivity index (χ0n) is 12.2. The lowest BCUT2D eigenvalue weighted by molar-refractivity contribution is 0.0950. The predicted octanol–water partition coefficient (Wildman–Crippen LogP) is 1.03. The molecule has 1 aromatic heterocycles. The van der Waals surface area contributed by atoms with Gasteiger partial charge in [-0.05, 0) is 50.4 Å². The number of aromatic nitrogens is 2. The number of carbonyl (C=O) groups excluding carboxylic acids is 1. The molecular weight excluding hydrogens is 254 g/mol. The molecule has 1 fully saturated rings. The molecule has 0 bridgehead atoms. The molecule has 1 aliphatic rings. The van der Waals surface area contributed by atoms with Crippen molar-refractivity contribution in [2.24, 2.45) is 5.41 Å². The molecule has 0 aromatic carbocycles. The van der Waals surface area contributed by atoms with Gasteiger partial charge in [0.05, 0.1) is 0 Å². The zero-order chi connectivity index (χ0) is 14.4. The van der Waals surface area contributed by atoms with Crippen LogP contribution in [0.15, 0.2) is 12.1 Å². The molecule has 1 aliphatic heterocycles. The van der Waals surface area contributed by atoms with Crippen molar-refractivity contribution < 1.29 is 4.79 Å². The van der Waals surface area contributed by atoms with Crippen LogP contribution in [0.5, 0.6) is 0 Å². The lowest BCUT2D eigenvalue weighted by atomic mass is 9.81. The van der Waals surface area contributed by atoms with Crippen LogP contribution in [0.25, 0.3) is 0 Å². The first-order chi connectivity index (χ1) is 9.63. The minimum atomic E-state index is -0.183. The SMILES string of the molecule is CCNC(=O)c1ccc(NCC2(C)CCNCC2)nn1. The Labute approximate surface area is 119 Å². The van der Waals surface area contributed by atoms with Crippen molar-refractivity contribution >= 4 is 11.7 Å². The van der Waals surface area contributed by atoms with Gasteiger partial charge in [0.15, 0.2) is 5.69 Å². The highest BCUT2D eigenvalue weighted by Gasteiger charge is 2.26. The van der Waals surface area contributed by atoms with E-state index >= 15 is 0 Å². The monoisotopic (exact) mass is 277 g/mol. The highest BCUT2D eigenvalue weighted by Crippen LogP contribution is 2.27. The Kier molecular flexibility index (Phi) is 4.89. The van der Waals surface area contributed by atoms with Crippen molar-refractivity contribution in [2.45, 2.75) is 26.7 Å². The number of hydrogen-bond donors (Lipinski definition) is 3. The van der Waals surface area contributed by atoms with Crippen LogP contribution >= 0.6 is 0 Å². The summed E-state index contributed by atoms with van der Waals surface area (Å²) in [6.07, 6.45) is 2.31. The van der Waals surface area contributed by atoms with Gasteiger partial charge in [0.2, 0.25) is 0 Å². The van der Waals surface area contributed by atoms with E-state index in [0.717, 1.165) is 38.3 Å². The molecule has 3 N–H and O–H groups in total. The van der Waals surface area contributed by atoms with Gasteiger partial charge >= 0.3 is 0 Å². The topological polar surface area (TPSA) is 78.9 Å². The number of rotatable bonds is 5. The molecule has 0 unspecified atom stereocenters. The van der Waals surface area contributed by atoms with Gasteiger partial charge in [-0.2, -0.15) is 0 Å². The van der Waals surface area contributed by atoms with E-state index in [1.807, 2.05) is 13.0 Å². The van der Waals surface area contributed by atoms with Crippen LogP contribution in [0, 0.1) is 5.41 Å². The maximum Gasteiger partial charge on any atom is 0.271 e. The summed E-state index contributed by atoms with van der Waals surface area (Å²) in [4.78, 5) is 11.6. The van der Waals surface area contributed by atoms with Crippen LogP contribution < -0.4 is 16.0 Å². The summed E-state index contributed by atoms with van der Waals surface area (Å²) in [6, 6.07) is 3.51. The molecule has 0 radical (unpaired) electrons. The number of nitrogens with zero attached hydrogens (tertiary/aromatic N) is 2. The lowest BCUT2D eigenvalue weighted by Crippen LogP contribution is -2.39. The highest BCUT2D eigenvalue weighted by molar-refractivity contribution is 5.92. The van der Waals surface area contributed by atoms with E-state index in [1.165, 1.54) is 0 Å². The zero-order valence-corrected chi connectivity index (χ0v) is 12.2. The maximum absolute atomic E-state index is 11.6. The van der Waals surface area contributed by atoms with Crippen LogP contribution in [-0.4, -0.2) is 42.3 Å². The molecule has 0 saturated carbocycles. The van der Waals surface area contributed by atoms with Gasteiger partial charge < -0.3 is 16.0 Å². The summed E-state index contributed by atoms with van der Waals surface area (Å²) >= 11 is 0. The molecule has 20 heavy (non-hydrogen) atoms. The third-order valence-electron chi connectivity index (χ3n) is 3.74.